The second kappa shape index (κ2) is 6.37. The molecule has 0 aliphatic carbocycles. The summed E-state index contributed by atoms with van der Waals surface area (Å²) in [4.78, 5) is 37.4. The van der Waals surface area contributed by atoms with Crippen molar-refractivity contribution in [2.75, 3.05) is 6.61 Å². The highest BCUT2D eigenvalue weighted by Crippen LogP contribution is 2.33. The van der Waals surface area contributed by atoms with Gasteiger partial charge in [-0.2, -0.15) is 0 Å². The fourth-order valence-corrected chi connectivity index (χ4v) is 2.13. The third-order valence-corrected chi connectivity index (χ3v) is 2.96. The highest BCUT2D eigenvalue weighted by molar-refractivity contribution is 9.10. The van der Waals surface area contributed by atoms with Crippen LogP contribution in [-0.4, -0.2) is 28.3 Å². The number of ketones is 1. The minimum absolute atomic E-state index is 0.0362. The van der Waals surface area contributed by atoms with Crippen LogP contribution in [0.25, 0.3) is 0 Å². The van der Waals surface area contributed by atoms with E-state index in [1.165, 1.54) is 13.1 Å². The van der Waals surface area contributed by atoms with Crippen molar-refractivity contribution in [3.05, 3.63) is 32.5 Å². The van der Waals surface area contributed by atoms with Gasteiger partial charge in [0.25, 0.3) is 5.69 Å². The number of Topliss-reactive ketones (excluding diaryl/α,β-unsaturated/α-hetero) is 1. The van der Waals surface area contributed by atoms with Crippen LogP contribution in [0.3, 0.4) is 0 Å². The maximum Gasteiger partial charge on any atom is 0.321 e. The normalized spacial score (nSPS) is 11.7. The molecular weight excluding hydrogens is 320 g/mol. The van der Waals surface area contributed by atoms with Crippen LogP contribution in [0.15, 0.2) is 16.9 Å². The topological polar surface area (TPSA) is 99.4 Å². The first-order valence-corrected chi connectivity index (χ1v) is 6.14. The number of esters is 1. The van der Waals surface area contributed by atoms with E-state index in [-0.39, 0.29) is 16.6 Å². The smallest absolute Gasteiger partial charge is 0.321 e. The molecule has 0 aliphatic heterocycles. The first kappa shape index (κ1) is 15.2. The number of carbonyl (C=O) groups excluding carboxylic acids is 2. The van der Waals surface area contributed by atoms with E-state index in [2.05, 4.69) is 20.9 Å². The van der Waals surface area contributed by atoms with Crippen molar-refractivity contribution in [2.45, 2.75) is 19.8 Å². The molecule has 0 amide bonds. The zero-order valence-electron chi connectivity index (χ0n) is 10.3. The lowest BCUT2D eigenvalue weighted by Gasteiger charge is -2.14. The van der Waals surface area contributed by atoms with Crippen molar-refractivity contribution >= 4 is 33.4 Å². The molecule has 8 heteroatoms. The highest BCUT2D eigenvalue weighted by Gasteiger charge is 2.35. The van der Waals surface area contributed by atoms with Gasteiger partial charge in [-0.3, -0.25) is 24.7 Å². The summed E-state index contributed by atoms with van der Waals surface area (Å²) >= 11 is 3.08. The Bertz CT molecular complexity index is 532. The molecule has 1 aromatic rings. The van der Waals surface area contributed by atoms with Crippen LogP contribution in [0, 0.1) is 10.1 Å². The van der Waals surface area contributed by atoms with Crippen molar-refractivity contribution in [2.24, 2.45) is 0 Å². The second-order valence-electron chi connectivity index (χ2n) is 3.61. The molecule has 7 nitrogen and oxygen atoms in total. The van der Waals surface area contributed by atoms with Crippen molar-refractivity contribution < 1.29 is 19.2 Å². The Kier molecular flexibility index (Phi) is 5.11. The number of hydrogen-bond donors (Lipinski definition) is 0. The van der Waals surface area contributed by atoms with E-state index in [0.717, 1.165) is 6.20 Å². The molecular formula is C11H11BrN2O5. The molecule has 0 N–H and O–H groups in total. The van der Waals surface area contributed by atoms with Crippen LogP contribution in [0.2, 0.25) is 0 Å². The predicted octanol–water partition coefficient (Wildman–Crippen LogP) is 1.99. The van der Waals surface area contributed by atoms with Gasteiger partial charge in [-0.15, -0.1) is 0 Å². The standard InChI is InChI=1S/C11H11BrN2O5/c1-3-19-11(16)9(6(2)15)10-7(12)4-13-5-8(10)14(17)18/h4-5,9H,3H2,1-2H3. The van der Waals surface area contributed by atoms with Crippen LogP contribution >= 0.6 is 15.9 Å². The largest absolute Gasteiger partial charge is 0.465 e. The fourth-order valence-electron chi connectivity index (χ4n) is 1.58. The molecule has 0 fully saturated rings. The minimum Gasteiger partial charge on any atom is -0.465 e. The molecule has 0 aromatic carbocycles. The number of hydrogen-bond acceptors (Lipinski definition) is 6. The Morgan fingerprint density at radius 2 is 2.16 bits per heavy atom. The molecule has 0 spiro atoms. The number of pyridine rings is 1. The number of ether oxygens (including phenoxy) is 1. The van der Waals surface area contributed by atoms with Crippen LogP contribution in [0.5, 0.6) is 0 Å². The minimum atomic E-state index is -1.34. The lowest BCUT2D eigenvalue weighted by atomic mass is 9.95. The average molecular weight is 331 g/mol. The van der Waals surface area contributed by atoms with E-state index in [1.807, 2.05) is 0 Å². The molecule has 0 saturated carbocycles. The van der Waals surface area contributed by atoms with E-state index >= 15 is 0 Å². The average Bonchev–Trinajstić information content (AvgIpc) is 2.31. The van der Waals surface area contributed by atoms with Crippen LogP contribution in [0.4, 0.5) is 5.69 Å². The van der Waals surface area contributed by atoms with E-state index < -0.39 is 28.3 Å². The second-order valence-corrected chi connectivity index (χ2v) is 4.46. The lowest BCUT2D eigenvalue weighted by Crippen LogP contribution is -2.23. The maximum absolute atomic E-state index is 11.8. The van der Waals surface area contributed by atoms with Crippen molar-refractivity contribution in [3.8, 4) is 0 Å². The summed E-state index contributed by atoms with van der Waals surface area (Å²) in [5, 5.41) is 11.0. The number of nitro groups is 1. The number of aromatic nitrogens is 1. The van der Waals surface area contributed by atoms with Crippen LogP contribution in [-0.2, 0) is 14.3 Å². The van der Waals surface area contributed by atoms with E-state index in [0.29, 0.717) is 0 Å². The number of carbonyl (C=O) groups is 2. The molecule has 0 radical (unpaired) electrons. The number of nitrogens with zero attached hydrogens (tertiary/aromatic N) is 2. The fraction of sp³-hybridized carbons (Fsp3) is 0.364. The molecule has 1 atom stereocenters. The Morgan fingerprint density at radius 3 is 2.63 bits per heavy atom. The van der Waals surface area contributed by atoms with Gasteiger partial charge in [0.15, 0.2) is 0 Å². The van der Waals surface area contributed by atoms with Crippen LogP contribution in [0.1, 0.15) is 25.3 Å². The molecule has 1 heterocycles. The zero-order valence-corrected chi connectivity index (χ0v) is 11.8. The zero-order chi connectivity index (χ0) is 14.6. The van der Waals surface area contributed by atoms with Gasteiger partial charge < -0.3 is 4.74 Å². The highest BCUT2D eigenvalue weighted by atomic mass is 79.9. The van der Waals surface area contributed by atoms with E-state index in [9.17, 15) is 19.7 Å². The van der Waals surface area contributed by atoms with Crippen molar-refractivity contribution in [1.29, 1.82) is 0 Å². The summed E-state index contributed by atoms with van der Waals surface area (Å²) < 4.78 is 5.00. The van der Waals surface area contributed by atoms with Crippen molar-refractivity contribution in [3.63, 3.8) is 0 Å². The predicted molar refractivity (Wildman–Crippen MR) is 68.6 cm³/mol. The summed E-state index contributed by atoms with van der Waals surface area (Å²) in [5.74, 6) is -2.68. The number of halogens is 1. The van der Waals surface area contributed by atoms with Crippen molar-refractivity contribution in [1.82, 2.24) is 4.98 Å². The van der Waals surface area contributed by atoms with Gasteiger partial charge in [-0.25, -0.2) is 0 Å². The Morgan fingerprint density at radius 1 is 1.53 bits per heavy atom. The monoisotopic (exact) mass is 330 g/mol. The third-order valence-electron chi connectivity index (χ3n) is 2.33. The van der Waals surface area contributed by atoms with E-state index in [1.54, 1.807) is 6.92 Å². The molecule has 1 unspecified atom stereocenters. The first-order chi connectivity index (χ1) is 8.90. The molecule has 1 aromatic heterocycles. The molecule has 102 valence electrons. The lowest BCUT2D eigenvalue weighted by molar-refractivity contribution is -0.386. The SMILES string of the molecule is CCOC(=O)C(C(C)=O)c1c(Br)cncc1[N+](=O)[O-]. The molecule has 0 aliphatic rings. The Labute approximate surface area is 117 Å². The summed E-state index contributed by atoms with van der Waals surface area (Å²) in [7, 11) is 0. The molecule has 0 bridgehead atoms. The summed E-state index contributed by atoms with van der Waals surface area (Å²) in [6, 6.07) is 0. The summed E-state index contributed by atoms with van der Waals surface area (Å²) in [6.07, 6.45) is 2.28. The van der Waals surface area contributed by atoms with Gasteiger partial charge in [-0.05, 0) is 29.8 Å². The van der Waals surface area contributed by atoms with Gasteiger partial charge in [0.2, 0.25) is 0 Å². The van der Waals surface area contributed by atoms with Gasteiger partial charge in [-0.1, -0.05) is 0 Å². The third kappa shape index (κ3) is 3.34. The molecule has 1 rings (SSSR count). The van der Waals surface area contributed by atoms with E-state index in [4.69, 9.17) is 4.74 Å². The van der Waals surface area contributed by atoms with Crippen LogP contribution < -0.4 is 0 Å². The summed E-state index contributed by atoms with van der Waals surface area (Å²) in [5.41, 5.74) is -0.437. The Hall–Kier alpha value is -1.83. The maximum atomic E-state index is 11.8. The quantitative estimate of drug-likeness (QED) is 0.354. The molecule has 0 saturated heterocycles. The van der Waals surface area contributed by atoms with Gasteiger partial charge in [0.1, 0.15) is 17.9 Å². The first-order valence-electron chi connectivity index (χ1n) is 5.35. The molecule has 19 heavy (non-hydrogen) atoms. The van der Waals surface area contributed by atoms with Gasteiger partial charge >= 0.3 is 5.97 Å². The number of rotatable bonds is 5. The van der Waals surface area contributed by atoms with Gasteiger partial charge in [0.05, 0.1) is 17.1 Å². The summed E-state index contributed by atoms with van der Waals surface area (Å²) in [6.45, 7) is 2.85. The van der Waals surface area contributed by atoms with Gasteiger partial charge in [0, 0.05) is 10.7 Å². The Balaban J connectivity index is 3.42.